The number of unbranched alkanes of at least 4 members (excludes halogenated alkanes) is 8. The standard InChI is InChI=1S/C35H63N5O4/c1-8-11-13-15-16-18-20-27(19-17-14-12-9-2)23-44-33(43)38-28-21-34(5,6)24-35(7,22-28)25-36-32(42)40-31-37-26(4)29(10-3)30(41)39-31/h27-28H,8-25H2,1-7H3,(H,38,43)(H3,36,37,39,40,41,42). The largest absolute Gasteiger partial charge is 0.449 e. The molecule has 1 aliphatic rings. The van der Waals surface area contributed by atoms with Crippen molar-refractivity contribution in [1.29, 1.82) is 0 Å². The molecule has 3 atom stereocenters. The number of ether oxygens (including phenoxy) is 1. The highest BCUT2D eigenvalue weighted by molar-refractivity contribution is 5.87. The molecule has 9 nitrogen and oxygen atoms in total. The van der Waals surface area contributed by atoms with Crippen molar-refractivity contribution in [3.63, 3.8) is 0 Å². The van der Waals surface area contributed by atoms with Gasteiger partial charge in [0, 0.05) is 23.8 Å². The first-order chi connectivity index (χ1) is 20.9. The molecule has 252 valence electrons. The number of nitrogens with one attached hydrogen (secondary N) is 4. The Morgan fingerprint density at radius 3 is 2.18 bits per heavy atom. The molecule has 0 radical (unpaired) electrons. The van der Waals surface area contributed by atoms with Crippen LogP contribution in [0.25, 0.3) is 0 Å². The maximum absolute atomic E-state index is 13.0. The summed E-state index contributed by atoms with van der Waals surface area (Å²) in [6.45, 7) is 15.6. The van der Waals surface area contributed by atoms with Gasteiger partial charge in [0.15, 0.2) is 0 Å². The van der Waals surface area contributed by atoms with Crippen LogP contribution in [0.2, 0.25) is 0 Å². The zero-order chi connectivity index (χ0) is 32.6. The summed E-state index contributed by atoms with van der Waals surface area (Å²) in [5, 5.41) is 8.80. The minimum absolute atomic E-state index is 0.0113. The van der Waals surface area contributed by atoms with Gasteiger partial charge in [-0.2, -0.15) is 0 Å². The maximum Gasteiger partial charge on any atom is 0.407 e. The highest BCUT2D eigenvalue weighted by atomic mass is 16.5. The molecule has 1 aliphatic carbocycles. The Kier molecular flexibility index (Phi) is 16.3. The van der Waals surface area contributed by atoms with Crippen LogP contribution >= 0.6 is 0 Å². The fourth-order valence-electron chi connectivity index (χ4n) is 7.19. The molecule has 2 rings (SSSR count). The number of alkyl carbamates (subject to hydrolysis) is 1. The summed E-state index contributed by atoms with van der Waals surface area (Å²) in [7, 11) is 0. The van der Waals surface area contributed by atoms with E-state index in [1.165, 1.54) is 64.2 Å². The van der Waals surface area contributed by atoms with Crippen LogP contribution in [0.15, 0.2) is 4.79 Å². The SMILES string of the molecule is CCCCCCCCC(CCCCCC)COC(=O)NC1CC(C)(C)CC(C)(CNC(=O)Nc2nc(C)c(CC)c(=O)[nH]2)C1. The number of hydrogen-bond acceptors (Lipinski definition) is 5. The molecule has 0 spiro atoms. The van der Waals surface area contributed by atoms with Crippen molar-refractivity contribution in [1.82, 2.24) is 20.6 Å². The summed E-state index contributed by atoms with van der Waals surface area (Å²) in [5.41, 5.74) is 0.758. The van der Waals surface area contributed by atoms with Crippen molar-refractivity contribution in [3.05, 3.63) is 21.6 Å². The van der Waals surface area contributed by atoms with Crippen LogP contribution in [0.5, 0.6) is 0 Å². The van der Waals surface area contributed by atoms with Crippen LogP contribution in [0.3, 0.4) is 0 Å². The van der Waals surface area contributed by atoms with E-state index in [0.29, 0.717) is 36.7 Å². The van der Waals surface area contributed by atoms with E-state index >= 15 is 0 Å². The first-order valence-corrected chi connectivity index (χ1v) is 17.5. The lowest BCUT2D eigenvalue weighted by atomic mass is 9.62. The van der Waals surface area contributed by atoms with Crippen molar-refractivity contribution < 1.29 is 14.3 Å². The summed E-state index contributed by atoms with van der Waals surface area (Å²) in [6.07, 6.45) is 17.6. The summed E-state index contributed by atoms with van der Waals surface area (Å²) in [4.78, 5) is 44.9. The number of aromatic nitrogens is 2. The van der Waals surface area contributed by atoms with E-state index in [1.807, 2.05) is 6.92 Å². The molecule has 9 heteroatoms. The number of carbonyl (C=O) groups is 2. The lowest BCUT2D eigenvalue weighted by Crippen LogP contribution is -2.51. The maximum atomic E-state index is 13.0. The van der Waals surface area contributed by atoms with Crippen molar-refractivity contribution in [3.8, 4) is 0 Å². The van der Waals surface area contributed by atoms with Crippen molar-refractivity contribution in [2.45, 2.75) is 157 Å². The molecule has 0 aromatic carbocycles. The molecular weight excluding hydrogens is 554 g/mol. The van der Waals surface area contributed by atoms with E-state index < -0.39 is 6.03 Å². The van der Waals surface area contributed by atoms with Crippen LogP contribution in [0, 0.1) is 23.7 Å². The number of H-pyrrole nitrogens is 1. The van der Waals surface area contributed by atoms with Gasteiger partial charge in [0.1, 0.15) is 0 Å². The molecule has 1 fully saturated rings. The third-order valence-electron chi connectivity index (χ3n) is 9.13. The number of aromatic amines is 1. The average Bonchev–Trinajstić information content (AvgIpc) is 2.93. The second kappa shape index (κ2) is 19.1. The normalized spacial score (nSPS) is 20.1. The second-order valence-corrected chi connectivity index (χ2v) is 14.4. The van der Waals surface area contributed by atoms with Gasteiger partial charge in [-0.15, -0.1) is 0 Å². The van der Waals surface area contributed by atoms with E-state index in [1.54, 1.807) is 6.92 Å². The molecule has 0 aliphatic heterocycles. The Morgan fingerprint density at radius 1 is 0.955 bits per heavy atom. The predicted octanol–water partition coefficient (Wildman–Crippen LogP) is 8.41. The number of hydrogen-bond donors (Lipinski definition) is 4. The fraction of sp³-hybridized carbons (Fsp3) is 0.829. The van der Waals surface area contributed by atoms with Crippen LogP contribution in [0.4, 0.5) is 15.5 Å². The van der Waals surface area contributed by atoms with Gasteiger partial charge in [0.05, 0.1) is 6.61 Å². The number of urea groups is 1. The molecule has 1 aromatic rings. The van der Waals surface area contributed by atoms with Gasteiger partial charge in [-0.05, 0) is 62.2 Å². The summed E-state index contributed by atoms with van der Waals surface area (Å²) in [5.74, 6) is 0.560. The fourth-order valence-corrected chi connectivity index (χ4v) is 7.19. The number of amides is 3. The first kappa shape index (κ1) is 37.6. The van der Waals surface area contributed by atoms with E-state index in [9.17, 15) is 14.4 Å². The molecular formula is C35H63N5O4. The zero-order valence-electron chi connectivity index (χ0n) is 29.0. The van der Waals surface area contributed by atoms with Crippen molar-refractivity contribution >= 4 is 18.1 Å². The number of nitrogens with zero attached hydrogens (tertiary/aromatic N) is 1. The lowest BCUT2D eigenvalue weighted by Gasteiger charge is -2.46. The number of aryl methyl sites for hydroxylation is 1. The third kappa shape index (κ3) is 14.0. The molecule has 3 unspecified atom stereocenters. The quantitative estimate of drug-likeness (QED) is 0.116. The van der Waals surface area contributed by atoms with Gasteiger partial charge in [-0.3, -0.25) is 15.1 Å². The Bertz CT molecular complexity index is 1070. The van der Waals surface area contributed by atoms with E-state index in [4.69, 9.17) is 4.74 Å². The smallest absolute Gasteiger partial charge is 0.407 e. The summed E-state index contributed by atoms with van der Waals surface area (Å²) < 4.78 is 5.83. The van der Waals surface area contributed by atoms with Crippen LogP contribution in [-0.4, -0.2) is 41.3 Å². The number of anilines is 1. The molecule has 44 heavy (non-hydrogen) atoms. The van der Waals surface area contributed by atoms with Crippen molar-refractivity contribution in [2.75, 3.05) is 18.5 Å². The first-order valence-electron chi connectivity index (χ1n) is 17.5. The van der Waals surface area contributed by atoms with Gasteiger partial charge in [0.2, 0.25) is 5.95 Å². The molecule has 1 saturated carbocycles. The molecule has 1 aromatic heterocycles. The predicted molar refractivity (Wildman–Crippen MR) is 180 cm³/mol. The average molecular weight is 618 g/mol. The summed E-state index contributed by atoms with van der Waals surface area (Å²) >= 11 is 0. The van der Waals surface area contributed by atoms with E-state index in [-0.39, 0.29) is 34.5 Å². The van der Waals surface area contributed by atoms with E-state index in [0.717, 1.165) is 32.1 Å². The molecule has 4 N–H and O–H groups in total. The Morgan fingerprint density at radius 2 is 1.57 bits per heavy atom. The third-order valence-corrected chi connectivity index (χ3v) is 9.13. The second-order valence-electron chi connectivity index (χ2n) is 14.4. The Labute approximate surface area is 266 Å². The van der Waals surface area contributed by atoms with Gasteiger partial charge in [0.25, 0.3) is 5.56 Å². The minimum Gasteiger partial charge on any atom is -0.449 e. The topological polar surface area (TPSA) is 125 Å². The van der Waals surface area contributed by atoms with Gasteiger partial charge in [-0.1, -0.05) is 106 Å². The summed E-state index contributed by atoms with van der Waals surface area (Å²) in [6, 6.07) is -0.453. The number of carbonyl (C=O) groups excluding carboxylic acids is 2. The van der Waals surface area contributed by atoms with E-state index in [2.05, 4.69) is 60.5 Å². The monoisotopic (exact) mass is 617 g/mol. The van der Waals surface area contributed by atoms with Crippen LogP contribution < -0.4 is 21.5 Å². The van der Waals surface area contributed by atoms with Crippen molar-refractivity contribution in [2.24, 2.45) is 16.7 Å². The highest BCUT2D eigenvalue weighted by Crippen LogP contribution is 2.45. The number of rotatable bonds is 19. The lowest BCUT2D eigenvalue weighted by molar-refractivity contribution is 0.0635. The molecule has 0 bridgehead atoms. The minimum atomic E-state index is -0.416. The Hall–Kier alpha value is -2.58. The molecule has 3 amide bonds. The van der Waals surface area contributed by atoms with Gasteiger partial charge < -0.3 is 15.4 Å². The van der Waals surface area contributed by atoms with Crippen LogP contribution in [0.1, 0.15) is 149 Å². The van der Waals surface area contributed by atoms with Crippen LogP contribution in [-0.2, 0) is 11.2 Å². The molecule has 0 saturated heterocycles. The highest BCUT2D eigenvalue weighted by Gasteiger charge is 2.42. The Balaban J connectivity index is 1.88. The van der Waals surface area contributed by atoms with Gasteiger partial charge >= 0.3 is 12.1 Å². The zero-order valence-corrected chi connectivity index (χ0v) is 29.0. The molecule has 1 heterocycles. The van der Waals surface area contributed by atoms with Gasteiger partial charge in [-0.25, -0.2) is 14.6 Å².